The van der Waals surface area contributed by atoms with E-state index >= 15 is 0 Å². The van der Waals surface area contributed by atoms with Crippen LogP contribution in [0.4, 0.5) is 5.82 Å². The van der Waals surface area contributed by atoms with Crippen LogP contribution in [0.3, 0.4) is 0 Å². The molecule has 0 amide bonds. The van der Waals surface area contributed by atoms with E-state index in [1.54, 1.807) is 6.20 Å². The van der Waals surface area contributed by atoms with Gasteiger partial charge in [0.05, 0.1) is 0 Å². The van der Waals surface area contributed by atoms with Gasteiger partial charge >= 0.3 is 0 Å². The zero-order valence-electron chi connectivity index (χ0n) is 9.59. The molecule has 2 aromatic heterocycles. The SMILES string of the molecule is Cc1nnc2c(NC3C4CNCC43)nccn12. The zero-order valence-corrected chi connectivity index (χ0v) is 9.59. The molecule has 0 bridgehead atoms. The molecule has 0 spiro atoms. The predicted octanol–water partition coefficient (Wildman–Crippen LogP) is 0.0624. The highest BCUT2D eigenvalue weighted by molar-refractivity contribution is 5.63. The minimum atomic E-state index is 0.562. The molecule has 0 radical (unpaired) electrons. The van der Waals surface area contributed by atoms with Gasteiger partial charge in [0.15, 0.2) is 5.82 Å². The summed E-state index contributed by atoms with van der Waals surface area (Å²) in [6, 6.07) is 0.562. The molecule has 4 rings (SSSR count). The molecule has 1 aliphatic heterocycles. The smallest absolute Gasteiger partial charge is 0.203 e. The van der Waals surface area contributed by atoms with E-state index in [-0.39, 0.29) is 0 Å². The monoisotopic (exact) mass is 230 g/mol. The first-order valence-electron chi connectivity index (χ1n) is 5.98. The Kier molecular flexibility index (Phi) is 1.74. The van der Waals surface area contributed by atoms with Gasteiger partial charge in [0, 0.05) is 31.5 Å². The Bertz CT molecular complexity index is 566. The molecule has 17 heavy (non-hydrogen) atoms. The standard InChI is InChI=1S/C11H14N6/c1-6-15-16-11-10(13-2-3-17(6)11)14-9-7-4-12-5-8(7)9/h2-3,7-9,12H,4-5H2,1H3,(H,13,14). The summed E-state index contributed by atoms with van der Waals surface area (Å²) >= 11 is 0. The topological polar surface area (TPSA) is 67.1 Å². The highest BCUT2D eigenvalue weighted by Crippen LogP contribution is 2.43. The number of aryl methyl sites for hydroxylation is 1. The molecule has 3 heterocycles. The van der Waals surface area contributed by atoms with Crippen LogP contribution < -0.4 is 10.6 Å². The van der Waals surface area contributed by atoms with Crippen LogP contribution in [0.15, 0.2) is 12.4 Å². The molecule has 6 heteroatoms. The van der Waals surface area contributed by atoms with Crippen LogP contribution in [-0.2, 0) is 0 Å². The molecule has 88 valence electrons. The number of anilines is 1. The molecule has 1 saturated carbocycles. The second-order valence-corrected chi connectivity index (χ2v) is 4.87. The van der Waals surface area contributed by atoms with Crippen molar-refractivity contribution in [2.75, 3.05) is 18.4 Å². The van der Waals surface area contributed by atoms with Gasteiger partial charge in [-0.15, -0.1) is 10.2 Å². The quantitative estimate of drug-likeness (QED) is 0.763. The Hall–Kier alpha value is -1.69. The van der Waals surface area contributed by atoms with Gasteiger partial charge in [-0.3, -0.25) is 4.40 Å². The van der Waals surface area contributed by atoms with Crippen molar-refractivity contribution < 1.29 is 0 Å². The Balaban J connectivity index is 1.67. The molecule has 2 unspecified atom stereocenters. The second kappa shape index (κ2) is 3.16. The third-order valence-electron chi connectivity index (χ3n) is 3.89. The molecule has 1 saturated heterocycles. The highest BCUT2D eigenvalue weighted by atomic mass is 15.3. The first-order valence-corrected chi connectivity index (χ1v) is 5.98. The van der Waals surface area contributed by atoms with E-state index in [1.807, 2.05) is 17.5 Å². The predicted molar refractivity (Wildman–Crippen MR) is 62.8 cm³/mol. The van der Waals surface area contributed by atoms with E-state index in [9.17, 15) is 0 Å². The van der Waals surface area contributed by atoms with Crippen LogP contribution in [0, 0.1) is 18.8 Å². The van der Waals surface area contributed by atoms with Crippen LogP contribution >= 0.6 is 0 Å². The molecular formula is C11H14N6. The lowest BCUT2D eigenvalue weighted by Crippen LogP contribution is -2.22. The Morgan fingerprint density at radius 1 is 1.35 bits per heavy atom. The molecule has 6 nitrogen and oxygen atoms in total. The fraction of sp³-hybridized carbons (Fsp3) is 0.545. The molecule has 2 aromatic rings. The summed E-state index contributed by atoms with van der Waals surface area (Å²) in [5.74, 6) is 3.28. The van der Waals surface area contributed by atoms with Crippen LogP contribution in [-0.4, -0.2) is 38.7 Å². The summed E-state index contributed by atoms with van der Waals surface area (Å²) in [6.45, 7) is 4.19. The number of piperidine rings is 1. The second-order valence-electron chi connectivity index (χ2n) is 4.87. The van der Waals surface area contributed by atoms with E-state index in [2.05, 4.69) is 25.8 Å². The summed E-state index contributed by atoms with van der Waals surface area (Å²) in [7, 11) is 0. The summed E-state index contributed by atoms with van der Waals surface area (Å²) < 4.78 is 1.96. The van der Waals surface area contributed by atoms with E-state index in [4.69, 9.17) is 0 Å². The molecule has 2 N–H and O–H groups in total. The summed E-state index contributed by atoms with van der Waals surface area (Å²) in [5.41, 5.74) is 0.822. The van der Waals surface area contributed by atoms with E-state index in [0.717, 1.165) is 42.2 Å². The van der Waals surface area contributed by atoms with Gasteiger partial charge in [-0.2, -0.15) is 0 Å². The van der Waals surface area contributed by atoms with E-state index in [0.29, 0.717) is 6.04 Å². The van der Waals surface area contributed by atoms with Crippen molar-refractivity contribution in [3.8, 4) is 0 Å². The average Bonchev–Trinajstić information content (AvgIpc) is 2.72. The minimum absolute atomic E-state index is 0.562. The maximum Gasteiger partial charge on any atom is 0.203 e. The van der Waals surface area contributed by atoms with Gasteiger partial charge in [0.25, 0.3) is 0 Å². The lowest BCUT2D eigenvalue weighted by atomic mass is 10.4. The summed E-state index contributed by atoms with van der Waals surface area (Å²) in [5, 5.41) is 15.1. The fourth-order valence-corrected chi connectivity index (χ4v) is 2.83. The minimum Gasteiger partial charge on any atom is -0.364 e. The highest BCUT2D eigenvalue weighted by Gasteiger charge is 2.53. The zero-order chi connectivity index (χ0) is 11.4. The van der Waals surface area contributed by atoms with Crippen LogP contribution in [0.5, 0.6) is 0 Å². The van der Waals surface area contributed by atoms with Crippen molar-refractivity contribution >= 4 is 11.5 Å². The van der Waals surface area contributed by atoms with Gasteiger partial charge < -0.3 is 10.6 Å². The van der Waals surface area contributed by atoms with Crippen molar-refractivity contribution in [2.24, 2.45) is 11.8 Å². The Morgan fingerprint density at radius 2 is 2.18 bits per heavy atom. The molecule has 1 aliphatic carbocycles. The number of hydrogen-bond donors (Lipinski definition) is 2. The Labute approximate surface area is 98.5 Å². The normalized spacial score (nSPS) is 30.5. The fourth-order valence-electron chi connectivity index (χ4n) is 2.83. The molecule has 0 aromatic carbocycles. The van der Waals surface area contributed by atoms with Crippen molar-refractivity contribution in [1.29, 1.82) is 0 Å². The maximum atomic E-state index is 4.37. The van der Waals surface area contributed by atoms with E-state index < -0.39 is 0 Å². The van der Waals surface area contributed by atoms with Gasteiger partial charge in [-0.25, -0.2) is 4.98 Å². The lowest BCUT2D eigenvalue weighted by molar-refractivity contribution is 0.695. The first kappa shape index (κ1) is 9.35. The lowest BCUT2D eigenvalue weighted by Gasteiger charge is -2.08. The first-order chi connectivity index (χ1) is 8.34. The number of nitrogens with zero attached hydrogens (tertiary/aromatic N) is 4. The van der Waals surface area contributed by atoms with Crippen molar-refractivity contribution in [3.05, 3.63) is 18.2 Å². The van der Waals surface area contributed by atoms with Crippen molar-refractivity contribution in [2.45, 2.75) is 13.0 Å². The van der Waals surface area contributed by atoms with E-state index in [1.165, 1.54) is 0 Å². The average molecular weight is 230 g/mol. The van der Waals surface area contributed by atoms with Crippen LogP contribution in [0.25, 0.3) is 5.65 Å². The van der Waals surface area contributed by atoms with Crippen molar-refractivity contribution in [3.63, 3.8) is 0 Å². The number of aromatic nitrogens is 4. The number of rotatable bonds is 2. The van der Waals surface area contributed by atoms with Gasteiger partial charge in [-0.05, 0) is 18.8 Å². The van der Waals surface area contributed by atoms with Crippen LogP contribution in [0.2, 0.25) is 0 Å². The molecule has 2 fully saturated rings. The summed E-state index contributed by atoms with van der Waals surface area (Å²) in [4.78, 5) is 4.37. The molecule has 2 atom stereocenters. The summed E-state index contributed by atoms with van der Waals surface area (Å²) in [6.07, 6.45) is 3.69. The van der Waals surface area contributed by atoms with Gasteiger partial charge in [-0.1, -0.05) is 0 Å². The van der Waals surface area contributed by atoms with Crippen molar-refractivity contribution in [1.82, 2.24) is 24.9 Å². The number of nitrogens with one attached hydrogen (secondary N) is 2. The largest absolute Gasteiger partial charge is 0.364 e. The number of fused-ring (bicyclic) bond motifs is 2. The third-order valence-corrected chi connectivity index (χ3v) is 3.89. The molecular weight excluding hydrogens is 216 g/mol. The Morgan fingerprint density at radius 3 is 3.00 bits per heavy atom. The number of hydrogen-bond acceptors (Lipinski definition) is 5. The van der Waals surface area contributed by atoms with Gasteiger partial charge in [0.1, 0.15) is 5.82 Å². The maximum absolute atomic E-state index is 4.37. The van der Waals surface area contributed by atoms with Gasteiger partial charge in [0.2, 0.25) is 5.65 Å². The molecule has 2 aliphatic rings. The van der Waals surface area contributed by atoms with Crippen LogP contribution in [0.1, 0.15) is 5.82 Å². The third kappa shape index (κ3) is 1.27.